The molecular weight excluding hydrogens is 60.0 g/mol. The first-order chi connectivity index (χ1) is 2.00. The fraction of sp³-hybridized carbons (Fsp3) is 1.00. The van der Waals surface area contributed by atoms with Gasteiger partial charge in [0, 0.05) is 0 Å². The maximum absolute atomic E-state index is 4.00. The average molecular weight is 62.0 g/mol. The van der Waals surface area contributed by atoms with Crippen molar-refractivity contribution in [1.82, 2.24) is 0 Å². The van der Waals surface area contributed by atoms with Crippen LogP contribution in [0.25, 0.3) is 0 Å². The third kappa shape index (κ3) is 0.0967. The summed E-state index contributed by atoms with van der Waals surface area (Å²) in [5.74, 6) is 0. The molecule has 0 amide bonds. The van der Waals surface area contributed by atoms with Gasteiger partial charge in [0.1, 0.15) is 0 Å². The summed E-state index contributed by atoms with van der Waals surface area (Å²) in [5, 5.41) is 3.72. The first kappa shape index (κ1) is 2.14. The molecule has 4 heavy (non-hydrogen) atoms. The Morgan fingerprint density at radius 1 is 1.25 bits per heavy atom. The Morgan fingerprint density at radius 3 is 1.50 bits per heavy atom. The summed E-state index contributed by atoms with van der Waals surface area (Å²) in [6.07, 6.45) is 0. The van der Waals surface area contributed by atoms with Crippen molar-refractivity contribution in [1.29, 1.82) is 0 Å². The summed E-state index contributed by atoms with van der Waals surface area (Å²) in [6, 6.07) is 0. The zero-order valence-electron chi connectivity index (χ0n) is 1.93. The van der Waals surface area contributed by atoms with Gasteiger partial charge < -0.3 is 0 Å². The van der Waals surface area contributed by atoms with Crippen LogP contribution in [0.1, 0.15) is 0 Å². The Morgan fingerprint density at radius 2 is 1.50 bits per heavy atom. The van der Waals surface area contributed by atoms with Gasteiger partial charge in [-0.05, 0) is 0 Å². The molecule has 0 aliphatic carbocycles. The Kier molecular flexibility index (Phi) is 0.361. The van der Waals surface area contributed by atoms with Crippen molar-refractivity contribution in [2.24, 2.45) is 0 Å². The second-order valence-corrected chi connectivity index (χ2v) is 0.422. The summed E-state index contributed by atoms with van der Waals surface area (Å²) >= 11 is 0. The van der Waals surface area contributed by atoms with Crippen molar-refractivity contribution < 1.29 is 14.8 Å². The van der Waals surface area contributed by atoms with Gasteiger partial charge in [-0.15, -0.1) is 0 Å². The van der Waals surface area contributed by atoms with Crippen molar-refractivity contribution in [3.8, 4) is 0 Å². The molecule has 3 heteroatoms. The second kappa shape index (κ2) is 0.676. The van der Waals surface area contributed by atoms with Crippen LogP contribution in [0.15, 0.2) is 0 Å². The van der Waals surface area contributed by atoms with Crippen molar-refractivity contribution in [2.45, 2.75) is 0 Å². The van der Waals surface area contributed by atoms with Crippen LogP contribution in [0.2, 0.25) is 0 Å². The number of hydrogen-bond donors (Lipinski definition) is 0. The molecule has 1 aliphatic rings. The molecule has 0 spiro atoms. The third-order valence-corrected chi connectivity index (χ3v) is 0.192. The number of rotatable bonds is 0. The Bertz CT molecular complexity index is 11.2. The van der Waals surface area contributed by atoms with Gasteiger partial charge in [0.15, 0.2) is 0 Å². The third-order valence-electron chi connectivity index (χ3n) is 0.192. The molecule has 3 nitrogen and oxygen atoms in total. The molecule has 0 N–H and O–H groups in total. The SMILES string of the molecule is C1OOO1. The summed E-state index contributed by atoms with van der Waals surface area (Å²) in [5.41, 5.74) is 0. The minimum atomic E-state index is 0.278. The van der Waals surface area contributed by atoms with Gasteiger partial charge >= 0.3 is 0 Å². The van der Waals surface area contributed by atoms with Gasteiger partial charge in [0.2, 0.25) is 6.79 Å². The van der Waals surface area contributed by atoms with Gasteiger partial charge in [-0.2, -0.15) is 9.78 Å². The quantitative estimate of drug-likeness (QED) is 0.365. The van der Waals surface area contributed by atoms with E-state index in [1.54, 1.807) is 0 Å². The first-order valence-corrected chi connectivity index (χ1v) is 0.911. The van der Waals surface area contributed by atoms with Crippen LogP contribution in [0.5, 0.6) is 0 Å². The van der Waals surface area contributed by atoms with E-state index in [0.29, 0.717) is 0 Å². The Hall–Kier alpha value is -0.120. The molecule has 1 heterocycles. The standard InChI is InChI=1S/CH2O3/c1-2-4-3-1/h1H2. The lowest BCUT2D eigenvalue weighted by molar-refractivity contribution is -0.652. The van der Waals surface area contributed by atoms with E-state index in [4.69, 9.17) is 0 Å². The van der Waals surface area contributed by atoms with Crippen LogP contribution in [-0.4, -0.2) is 6.79 Å². The highest BCUT2D eigenvalue weighted by Gasteiger charge is 1.96. The van der Waals surface area contributed by atoms with Crippen LogP contribution in [0.3, 0.4) is 0 Å². The lowest BCUT2D eigenvalue weighted by Gasteiger charge is -2.06. The summed E-state index contributed by atoms with van der Waals surface area (Å²) in [6.45, 7) is 0.278. The van der Waals surface area contributed by atoms with E-state index < -0.39 is 0 Å². The van der Waals surface area contributed by atoms with Crippen LogP contribution in [0.4, 0.5) is 0 Å². The van der Waals surface area contributed by atoms with Crippen molar-refractivity contribution in [2.75, 3.05) is 6.79 Å². The predicted molar refractivity (Wildman–Crippen MR) is 8.12 cm³/mol. The van der Waals surface area contributed by atoms with Crippen molar-refractivity contribution in [3.63, 3.8) is 0 Å². The lowest BCUT2D eigenvalue weighted by Crippen LogP contribution is -2.10. The minimum absolute atomic E-state index is 0.278. The van der Waals surface area contributed by atoms with E-state index in [1.165, 1.54) is 0 Å². The first-order valence-electron chi connectivity index (χ1n) is 0.911. The fourth-order valence-electron chi connectivity index (χ4n) is 0.0481. The highest BCUT2D eigenvalue weighted by Crippen LogP contribution is 1.90. The molecular formula is CH2O3. The molecule has 0 aromatic rings. The smallest absolute Gasteiger partial charge is 0.174 e. The molecule has 24 valence electrons. The number of hydrogen-bond acceptors (Lipinski definition) is 3. The fourth-order valence-corrected chi connectivity index (χ4v) is 0.0481. The van der Waals surface area contributed by atoms with E-state index in [0.717, 1.165) is 0 Å². The normalized spacial score (nSPS) is 24.0. The molecule has 0 bridgehead atoms. The maximum Gasteiger partial charge on any atom is 0.220 e. The Labute approximate surface area is 22.9 Å². The molecule has 0 aromatic carbocycles. The Balaban J connectivity index is 2.00. The highest BCUT2D eigenvalue weighted by atomic mass is 17.6. The van der Waals surface area contributed by atoms with Gasteiger partial charge in [-0.1, -0.05) is 5.04 Å². The molecule has 1 aliphatic heterocycles. The zero-order valence-corrected chi connectivity index (χ0v) is 1.93. The monoisotopic (exact) mass is 62.0 g/mol. The molecule has 1 rings (SSSR count). The van der Waals surface area contributed by atoms with E-state index in [1.807, 2.05) is 0 Å². The lowest BCUT2D eigenvalue weighted by atomic mass is 11.5. The molecule has 1 saturated heterocycles. The van der Waals surface area contributed by atoms with Crippen LogP contribution >= 0.6 is 0 Å². The average Bonchev–Trinajstić information content (AvgIpc) is 0.722. The summed E-state index contributed by atoms with van der Waals surface area (Å²) in [4.78, 5) is 8.00. The van der Waals surface area contributed by atoms with E-state index in [9.17, 15) is 0 Å². The highest BCUT2D eigenvalue weighted by molar-refractivity contribution is 3.78. The molecule has 0 radical (unpaired) electrons. The van der Waals surface area contributed by atoms with Crippen molar-refractivity contribution in [3.05, 3.63) is 0 Å². The minimum Gasteiger partial charge on any atom is -0.174 e. The maximum atomic E-state index is 4.00. The van der Waals surface area contributed by atoms with E-state index in [-0.39, 0.29) is 6.79 Å². The topological polar surface area (TPSA) is 27.7 Å². The summed E-state index contributed by atoms with van der Waals surface area (Å²) < 4.78 is 0. The largest absolute Gasteiger partial charge is 0.220 e. The van der Waals surface area contributed by atoms with Crippen LogP contribution in [0, 0.1) is 0 Å². The molecule has 0 saturated carbocycles. The van der Waals surface area contributed by atoms with Gasteiger partial charge in [-0.3, -0.25) is 0 Å². The molecule has 0 unspecified atom stereocenters. The van der Waals surface area contributed by atoms with Gasteiger partial charge in [0.25, 0.3) is 0 Å². The summed E-state index contributed by atoms with van der Waals surface area (Å²) in [7, 11) is 0. The van der Waals surface area contributed by atoms with Crippen LogP contribution in [-0.2, 0) is 14.8 Å². The van der Waals surface area contributed by atoms with Gasteiger partial charge in [-0.25, -0.2) is 0 Å². The van der Waals surface area contributed by atoms with Crippen molar-refractivity contribution >= 4 is 0 Å². The zero-order chi connectivity index (χ0) is 2.83. The molecule has 1 fully saturated rings. The van der Waals surface area contributed by atoms with E-state index in [2.05, 4.69) is 14.8 Å². The van der Waals surface area contributed by atoms with Crippen LogP contribution < -0.4 is 0 Å². The molecule has 0 aromatic heterocycles. The predicted octanol–water partition coefficient (Wildman–Crippen LogP) is -0.163. The van der Waals surface area contributed by atoms with Gasteiger partial charge in [0.05, 0.1) is 0 Å². The molecule has 0 atom stereocenters. The second-order valence-electron chi connectivity index (χ2n) is 0.422. The van der Waals surface area contributed by atoms with E-state index >= 15 is 0 Å².